The fourth-order valence-electron chi connectivity index (χ4n) is 2.07. The molecule has 2 N–H and O–H groups in total. The van der Waals surface area contributed by atoms with E-state index in [9.17, 15) is 22.8 Å². The topological polar surface area (TPSA) is 85.9 Å². The number of benzene rings is 2. The standard InChI is InChI=1S/C18H17F3N2O5/c1-10(27-13-6-4-12(19)5-7-13)16(24)22-23-17(25)11-3-8-14(28-18(20)21)15(9-11)26-2/h3-10,18H,1-2H3,(H,22,24)(H,23,25). The maximum Gasteiger partial charge on any atom is 0.387 e. The van der Waals surface area contributed by atoms with Gasteiger partial charge in [0.1, 0.15) is 11.6 Å². The van der Waals surface area contributed by atoms with Gasteiger partial charge in [-0.15, -0.1) is 0 Å². The molecule has 0 aromatic heterocycles. The molecule has 0 saturated carbocycles. The summed E-state index contributed by atoms with van der Waals surface area (Å²) < 4.78 is 52.0. The Hall–Kier alpha value is -3.43. The average molecular weight is 398 g/mol. The van der Waals surface area contributed by atoms with Crippen molar-refractivity contribution in [3.63, 3.8) is 0 Å². The molecule has 0 aliphatic heterocycles. The Kier molecular flexibility index (Phi) is 7.08. The van der Waals surface area contributed by atoms with Crippen molar-refractivity contribution in [2.45, 2.75) is 19.6 Å². The van der Waals surface area contributed by atoms with Gasteiger partial charge < -0.3 is 14.2 Å². The Morgan fingerprint density at radius 3 is 2.25 bits per heavy atom. The van der Waals surface area contributed by atoms with E-state index in [1.165, 1.54) is 50.4 Å². The van der Waals surface area contributed by atoms with Crippen molar-refractivity contribution in [3.8, 4) is 17.2 Å². The second kappa shape index (κ2) is 9.49. The summed E-state index contributed by atoms with van der Waals surface area (Å²) in [6.07, 6.45) is -0.984. The maximum absolute atomic E-state index is 12.9. The van der Waals surface area contributed by atoms with Gasteiger partial charge in [-0.3, -0.25) is 20.4 Å². The molecule has 150 valence electrons. The van der Waals surface area contributed by atoms with Gasteiger partial charge in [-0.2, -0.15) is 8.78 Å². The van der Waals surface area contributed by atoms with Crippen LogP contribution in [0.1, 0.15) is 17.3 Å². The normalized spacial score (nSPS) is 11.5. The summed E-state index contributed by atoms with van der Waals surface area (Å²) in [6, 6.07) is 8.60. The number of alkyl halides is 2. The van der Waals surface area contributed by atoms with Crippen LogP contribution in [-0.2, 0) is 4.79 Å². The van der Waals surface area contributed by atoms with Crippen molar-refractivity contribution in [2.75, 3.05) is 7.11 Å². The number of nitrogens with one attached hydrogen (secondary N) is 2. The van der Waals surface area contributed by atoms with Gasteiger partial charge in [-0.05, 0) is 49.4 Å². The summed E-state index contributed by atoms with van der Waals surface area (Å²) in [4.78, 5) is 24.1. The summed E-state index contributed by atoms with van der Waals surface area (Å²) in [5.74, 6) is -1.87. The van der Waals surface area contributed by atoms with Crippen molar-refractivity contribution in [2.24, 2.45) is 0 Å². The summed E-state index contributed by atoms with van der Waals surface area (Å²) in [5.41, 5.74) is 4.36. The van der Waals surface area contributed by atoms with Crippen LogP contribution in [0.3, 0.4) is 0 Å². The maximum atomic E-state index is 12.9. The predicted molar refractivity (Wildman–Crippen MR) is 91.7 cm³/mol. The molecule has 2 amide bonds. The van der Waals surface area contributed by atoms with E-state index in [1.54, 1.807) is 0 Å². The third kappa shape index (κ3) is 5.79. The molecule has 10 heteroatoms. The number of hydrogen-bond donors (Lipinski definition) is 2. The molecular weight excluding hydrogens is 381 g/mol. The van der Waals surface area contributed by atoms with E-state index in [2.05, 4.69) is 15.6 Å². The first-order valence-corrected chi connectivity index (χ1v) is 7.95. The van der Waals surface area contributed by atoms with Gasteiger partial charge in [0.05, 0.1) is 7.11 Å². The molecule has 2 aromatic rings. The number of amides is 2. The minimum atomic E-state index is -3.05. The molecule has 0 bridgehead atoms. The molecule has 0 heterocycles. The molecule has 0 radical (unpaired) electrons. The fourth-order valence-corrected chi connectivity index (χ4v) is 2.07. The number of carbonyl (C=O) groups is 2. The van der Waals surface area contributed by atoms with E-state index in [0.717, 1.165) is 6.07 Å². The van der Waals surface area contributed by atoms with Crippen LogP contribution in [0.25, 0.3) is 0 Å². The molecule has 28 heavy (non-hydrogen) atoms. The molecule has 7 nitrogen and oxygen atoms in total. The highest BCUT2D eigenvalue weighted by atomic mass is 19.3. The lowest BCUT2D eigenvalue weighted by molar-refractivity contribution is -0.128. The molecular formula is C18H17F3N2O5. The van der Waals surface area contributed by atoms with E-state index >= 15 is 0 Å². The highest BCUT2D eigenvalue weighted by molar-refractivity contribution is 5.96. The van der Waals surface area contributed by atoms with Crippen LogP contribution in [0.5, 0.6) is 17.2 Å². The second-order valence-corrected chi connectivity index (χ2v) is 5.40. The predicted octanol–water partition coefficient (Wildman–Crippen LogP) is 2.66. The minimum Gasteiger partial charge on any atom is -0.493 e. The Morgan fingerprint density at radius 2 is 1.64 bits per heavy atom. The summed E-state index contributed by atoms with van der Waals surface area (Å²) >= 11 is 0. The third-order valence-electron chi connectivity index (χ3n) is 3.44. The number of halogens is 3. The number of hydrazine groups is 1. The highest BCUT2D eigenvalue weighted by Crippen LogP contribution is 2.29. The summed E-state index contributed by atoms with van der Waals surface area (Å²) in [6.45, 7) is -1.61. The first-order chi connectivity index (χ1) is 13.3. The van der Waals surface area contributed by atoms with Crippen LogP contribution < -0.4 is 25.1 Å². The van der Waals surface area contributed by atoms with Gasteiger partial charge in [0.15, 0.2) is 17.6 Å². The largest absolute Gasteiger partial charge is 0.493 e. The molecule has 0 saturated heterocycles. The van der Waals surface area contributed by atoms with Crippen LogP contribution in [0.15, 0.2) is 42.5 Å². The zero-order valence-electron chi connectivity index (χ0n) is 14.9. The number of ether oxygens (including phenoxy) is 3. The van der Waals surface area contributed by atoms with Gasteiger partial charge in [0.2, 0.25) is 0 Å². The number of rotatable bonds is 7. The van der Waals surface area contributed by atoms with Gasteiger partial charge in [-0.1, -0.05) is 0 Å². The van der Waals surface area contributed by atoms with Crippen molar-refractivity contribution in [1.82, 2.24) is 10.9 Å². The van der Waals surface area contributed by atoms with Crippen molar-refractivity contribution < 1.29 is 37.0 Å². The fraction of sp³-hybridized carbons (Fsp3) is 0.222. The Morgan fingerprint density at radius 1 is 0.964 bits per heavy atom. The monoisotopic (exact) mass is 398 g/mol. The first kappa shape index (κ1) is 20.9. The quantitative estimate of drug-likeness (QED) is 0.701. The lowest BCUT2D eigenvalue weighted by Crippen LogP contribution is -2.47. The van der Waals surface area contributed by atoms with E-state index in [0.29, 0.717) is 0 Å². The first-order valence-electron chi connectivity index (χ1n) is 7.95. The molecule has 1 unspecified atom stereocenters. The average Bonchev–Trinajstić information content (AvgIpc) is 2.67. The Bertz CT molecular complexity index is 830. The van der Waals surface area contributed by atoms with Gasteiger partial charge in [0, 0.05) is 5.56 Å². The number of carbonyl (C=O) groups excluding carboxylic acids is 2. The van der Waals surface area contributed by atoms with Crippen LogP contribution in [0.2, 0.25) is 0 Å². The number of methoxy groups -OCH3 is 1. The van der Waals surface area contributed by atoms with Crippen LogP contribution >= 0.6 is 0 Å². The van der Waals surface area contributed by atoms with Crippen molar-refractivity contribution >= 4 is 11.8 Å². The molecule has 0 aliphatic carbocycles. The van der Waals surface area contributed by atoms with E-state index in [1.807, 2.05) is 0 Å². The highest BCUT2D eigenvalue weighted by Gasteiger charge is 2.17. The van der Waals surface area contributed by atoms with Crippen LogP contribution in [0.4, 0.5) is 13.2 Å². The minimum absolute atomic E-state index is 0.0332. The zero-order valence-corrected chi connectivity index (χ0v) is 14.9. The molecule has 2 rings (SSSR count). The molecule has 1 atom stereocenters. The van der Waals surface area contributed by atoms with Crippen LogP contribution in [0, 0.1) is 5.82 Å². The van der Waals surface area contributed by atoms with Gasteiger partial charge in [-0.25, -0.2) is 4.39 Å². The number of hydrogen-bond acceptors (Lipinski definition) is 5. The summed E-state index contributed by atoms with van der Waals surface area (Å²) in [5, 5.41) is 0. The van der Waals surface area contributed by atoms with Crippen molar-refractivity contribution in [1.29, 1.82) is 0 Å². The Labute approximate surface area is 158 Å². The molecule has 0 spiro atoms. The zero-order chi connectivity index (χ0) is 20.7. The van der Waals surface area contributed by atoms with E-state index in [-0.39, 0.29) is 22.8 Å². The van der Waals surface area contributed by atoms with Gasteiger partial charge >= 0.3 is 6.61 Å². The van der Waals surface area contributed by atoms with Gasteiger partial charge in [0.25, 0.3) is 11.8 Å². The molecule has 2 aromatic carbocycles. The molecule has 0 fully saturated rings. The SMILES string of the molecule is COc1cc(C(=O)NNC(=O)C(C)Oc2ccc(F)cc2)ccc1OC(F)F. The second-order valence-electron chi connectivity index (χ2n) is 5.40. The van der Waals surface area contributed by atoms with E-state index < -0.39 is 30.3 Å². The summed E-state index contributed by atoms with van der Waals surface area (Å²) in [7, 11) is 1.23. The van der Waals surface area contributed by atoms with Crippen molar-refractivity contribution in [3.05, 3.63) is 53.8 Å². The lowest BCUT2D eigenvalue weighted by atomic mass is 10.2. The van der Waals surface area contributed by atoms with E-state index in [4.69, 9.17) is 9.47 Å². The Balaban J connectivity index is 1.93. The van der Waals surface area contributed by atoms with Crippen LogP contribution in [-0.4, -0.2) is 31.6 Å². The smallest absolute Gasteiger partial charge is 0.387 e. The lowest BCUT2D eigenvalue weighted by Gasteiger charge is -2.15. The third-order valence-corrected chi connectivity index (χ3v) is 3.44. The molecule has 0 aliphatic rings.